The molecule has 0 saturated heterocycles. The van der Waals surface area contributed by atoms with Gasteiger partial charge >= 0.3 is 0 Å². The van der Waals surface area contributed by atoms with E-state index in [9.17, 15) is 0 Å². The lowest BCUT2D eigenvalue weighted by atomic mass is 9.87. The van der Waals surface area contributed by atoms with Crippen molar-refractivity contribution < 1.29 is 9.47 Å². The van der Waals surface area contributed by atoms with Gasteiger partial charge in [0.2, 0.25) is 0 Å². The van der Waals surface area contributed by atoms with Crippen molar-refractivity contribution in [3.8, 4) is 11.5 Å². The molecule has 2 aliphatic rings. The summed E-state index contributed by atoms with van der Waals surface area (Å²) < 4.78 is 10.7. The number of nitrogens with zero attached hydrogens (tertiary/aromatic N) is 2. The number of methoxy groups -OCH3 is 2. The highest BCUT2D eigenvalue weighted by Crippen LogP contribution is 2.37. The molecule has 0 aromatic heterocycles. The standard InChI is InChI=1S/C38H26N2O2/c1-41-29-11-7-27(8-12-29)39-19-23-3-15-31-33-17-5-25-21-40(28-9-13-30(42-2)14-10-28)22-26-6-18-34(38(33)36(25)26)32-16-4-24(20-39)35(23)37(31)32/h3-22H,1-2H3. The van der Waals surface area contributed by atoms with Crippen LogP contribution in [0, 0.1) is 0 Å². The van der Waals surface area contributed by atoms with E-state index in [0.717, 1.165) is 22.9 Å². The first-order valence-corrected chi connectivity index (χ1v) is 14.1. The van der Waals surface area contributed by atoms with Crippen LogP contribution in [0.3, 0.4) is 0 Å². The fourth-order valence-electron chi connectivity index (χ4n) is 6.91. The Morgan fingerprint density at radius 1 is 0.357 bits per heavy atom. The van der Waals surface area contributed by atoms with Crippen LogP contribution >= 0.6 is 0 Å². The Kier molecular flexibility index (Phi) is 4.71. The molecule has 7 aromatic rings. The van der Waals surface area contributed by atoms with E-state index in [4.69, 9.17) is 9.47 Å². The van der Waals surface area contributed by atoms with Crippen LogP contribution in [0.4, 0.5) is 11.4 Å². The summed E-state index contributed by atoms with van der Waals surface area (Å²) in [5.74, 6) is 1.72. The summed E-state index contributed by atoms with van der Waals surface area (Å²) >= 11 is 0. The molecule has 0 aliphatic carbocycles. The van der Waals surface area contributed by atoms with E-state index in [1.165, 1.54) is 64.0 Å². The van der Waals surface area contributed by atoms with Crippen LogP contribution in [-0.2, 0) is 0 Å². The predicted molar refractivity (Wildman–Crippen MR) is 175 cm³/mol. The van der Waals surface area contributed by atoms with Crippen LogP contribution in [0.2, 0.25) is 0 Å². The monoisotopic (exact) mass is 542 g/mol. The molecule has 42 heavy (non-hydrogen) atoms. The Morgan fingerprint density at radius 3 is 0.952 bits per heavy atom. The Morgan fingerprint density at radius 2 is 0.667 bits per heavy atom. The number of anilines is 2. The molecule has 0 atom stereocenters. The number of hydrogen-bond donors (Lipinski definition) is 0. The van der Waals surface area contributed by atoms with E-state index < -0.39 is 0 Å². The second-order valence-corrected chi connectivity index (χ2v) is 11.0. The fourth-order valence-corrected chi connectivity index (χ4v) is 6.91. The largest absolute Gasteiger partial charge is 0.497 e. The average molecular weight is 543 g/mol. The average Bonchev–Trinajstić information content (AvgIpc) is 3.06. The molecule has 0 bridgehead atoms. The van der Waals surface area contributed by atoms with Gasteiger partial charge in [-0.05, 0) is 102 Å². The van der Waals surface area contributed by atoms with Crippen molar-refractivity contribution in [1.82, 2.24) is 0 Å². The van der Waals surface area contributed by atoms with Crippen LogP contribution in [0.15, 0.2) is 97.1 Å². The van der Waals surface area contributed by atoms with Gasteiger partial charge in [-0.2, -0.15) is 0 Å². The molecule has 7 aromatic carbocycles. The van der Waals surface area contributed by atoms with Crippen LogP contribution in [0.1, 0.15) is 0 Å². The maximum absolute atomic E-state index is 5.37. The summed E-state index contributed by atoms with van der Waals surface area (Å²) in [6.45, 7) is 0. The first-order valence-electron chi connectivity index (χ1n) is 14.1. The second-order valence-electron chi connectivity index (χ2n) is 11.0. The van der Waals surface area contributed by atoms with Crippen molar-refractivity contribution in [2.75, 3.05) is 24.0 Å². The smallest absolute Gasteiger partial charge is 0.119 e. The van der Waals surface area contributed by atoms with Gasteiger partial charge in [-0.15, -0.1) is 0 Å². The number of benzene rings is 7. The van der Waals surface area contributed by atoms with Gasteiger partial charge in [0.25, 0.3) is 0 Å². The molecule has 0 N–H and O–H groups in total. The molecular weight excluding hydrogens is 516 g/mol. The first kappa shape index (κ1) is 23.2. The zero-order valence-corrected chi connectivity index (χ0v) is 23.3. The highest BCUT2D eigenvalue weighted by Gasteiger charge is 2.18. The summed E-state index contributed by atoms with van der Waals surface area (Å²) in [6, 6.07) is 34.8. The molecule has 200 valence electrons. The van der Waals surface area contributed by atoms with Gasteiger partial charge in [-0.3, -0.25) is 0 Å². The van der Waals surface area contributed by atoms with Crippen molar-refractivity contribution in [3.05, 3.63) is 118 Å². The van der Waals surface area contributed by atoms with E-state index in [1.807, 2.05) is 24.3 Å². The van der Waals surface area contributed by atoms with Crippen molar-refractivity contribution in [3.63, 3.8) is 0 Å². The molecule has 0 spiro atoms. The highest BCUT2D eigenvalue weighted by atomic mass is 16.5. The van der Waals surface area contributed by atoms with Gasteiger partial charge in [0.1, 0.15) is 11.5 Å². The number of fused-ring (bicyclic) bond motifs is 2. The van der Waals surface area contributed by atoms with Crippen molar-refractivity contribution in [2.24, 2.45) is 0 Å². The quantitative estimate of drug-likeness (QED) is 0.209. The minimum Gasteiger partial charge on any atom is -0.497 e. The topological polar surface area (TPSA) is 24.9 Å². The fraction of sp³-hybridized carbons (Fsp3) is 0.0526. The zero-order valence-electron chi connectivity index (χ0n) is 23.3. The first-order chi connectivity index (χ1) is 20.7. The predicted octanol–water partition coefficient (Wildman–Crippen LogP) is 5.75. The van der Waals surface area contributed by atoms with Crippen LogP contribution in [-0.4, -0.2) is 14.2 Å². The Bertz CT molecular complexity index is 2180. The molecule has 2 aliphatic heterocycles. The summed E-state index contributed by atoms with van der Waals surface area (Å²) in [6.07, 6.45) is 8.96. The van der Waals surface area contributed by atoms with Crippen molar-refractivity contribution in [1.29, 1.82) is 0 Å². The summed E-state index contributed by atoms with van der Waals surface area (Å²) in [7, 11) is 3.40. The third-order valence-electron chi connectivity index (χ3n) is 8.88. The Labute approximate surface area is 241 Å². The van der Waals surface area contributed by atoms with Crippen LogP contribution in [0.25, 0.3) is 67.9 Å². The van der Waals surface area contributed by atoms with E-state index >= 15 is 0 Å². The SMILES string of the molecule is COc1ccc(N2C=c3ccc4c5ccc6c7c(ccc(c8ccc(c3c48)=C2)c75)=CN(c2ccc(OC)cc2)C=6)cc1. The molecule has 0 fully saturated rings. The van der Waals surface area contributed by atoms with E-state index in [1.54, 1.807) is 14.2 Å². The van der Waals surface area contributed by atoms with Gasteiger partial charge in [0, 0.05) is 46.9 Å². The van der Waals surface area contributed by atoms with Gasteiger partial charge in [0.05, 0.1) is 14.2 Å². The molecule has 0 saturated carbocycles. The molecule has 2 heterocycles. The minimum absolute atomic E-state index is 0.858. The molecule has 4 nitrogen and oxygen atoms in total. The van der Waals surface area contributed by atoms with Gasteiger partial charge in [-0.1, -0.05) is 48.5 Å². The number of ether oxygens (including phenoxy) is 2. The lowest BCUT2D eigenvalue weighted by molar-refractivity contribution is 0.415. The van der Waals surface area contributed by atoms with Crippen LogP contribution < -0.4 is 40.1 Å². The maximum atomic E-state index is 5.37. The number of rotatable bonds is 4. The number of hydrogen-bond acceptors (Lipinski definition) is 4. The molecule has 0 radical (unpaired) electrons. The van der Waals surface area contributed by atoms with E-state index in [0.29, 0.717) is 0 Å². The van der Waals surface area contributed by atoms with Gasteiger partial charge in [-0.25, -0.2) is 0 Å². The lowest BCUT2D eigenvalue weighted by Crippen LogP contribution is -2.27. The van der Waals surface area contributed by atoms with E-state index in [-0.39, 0.29) is 0 Å². The molecule has 0 unspecified atom stereocenters. The molecular formula is C38H26N2O2. The summed E-state index contributed by atoms with van der Waals surface area (Å²) in [4.78, 5) is 4.42. The lowest BCUT2D eigenvalue weighted by Gasteiger charge is -2.23. The second kappa shape index (κ2) is 8.51. The molecule has 0 amide bonds. The maximum Gasteiger partial charge on any atom is 0.119 e. The van der Waals surface area contributed by atoms with Gasteiger partial charge in [0.15, 0.2) is 0 Å². The van der Waals surface area contributed by atoms with E-state index in [2.05, 4.69) is 107 Å². The summed E-state index contributed by atoms with van der Waals surface area (Å²) in [5, 5.41) is 15.5. The summed E-state index contributed by atoms with van der Waals surface area (Å²) in [5.41, 5.74) is 2.21. The highest BCUT2D eigenvalue weighted by molar-refractivity contribution is 6.33. The molecule has 4 heteroatoms. The third-order valence-corrected chi connectivity index (χ3v) is 8.88. The third kappa shape index (κ3) is 3.18. The zero-order chi connectivity index (χ0) is 27.9. The normalized spacial score (nSPS) is 13.7. The molecule has 9 rings (SSSR count). The van der Waals surface area contributed by atoms with Crippen molar-refractivity contribution >= 4 is 79.3 Å². The van der Waals surface area contributed by atoms with Crippen LogP contribution in [0.5, 0.6) is 11.5 Å². The minimum atomic E-state index is 0.858. The van der Waals surface area contributed by atoms with Crippen molar-refractivity contribution in [2.45, 2.75) is 0 Å². The van der Waals surface area contributed by atoms with Gasteiger partial charge < -0.3 is 19.3 Å². The Balaban J connectivity index is 1.28. The Hall–Kier alpha value is -5.48.